The van der Waals surface area contributed by atoms with Crippen LogP contribution in [-0.4, -0.2) is 46.5 Å². The maximum Gasteiger partial charge on any atom is 0.240 e. The molecule has 1 N–H and O–H groups in total. The first-order valence-electron chi connectivity index (χ1n) is 10.1. The summed E-state index contributed by atoms with van der Waals surface area (Å²) in [5.74, 6) is 0. The Bertz CT molecular complexity index is 935. The highest BCUT2D eigenvalue weighted by Gasteiger charge is 2.27. The van der Waals surface area contributed by atoms with Gasteiger partial charge in [-0.05, 0) is 68.6 Å². The number of nitrogens with one attached hydrogen (secondary N) is 1. The normalized spacial score (nSPS) is 18.4. The van der Waals surface area contributed by atoms with Crippen molar-refractivity contribution < 1.29 is 8.42 Å². The number of benzene rings is 2. The van der Waals surface area contributed by atoms with Crippen molar-refractivity contribution in [3.8, 4) is 0 Å². The fraction of sp³-hybridized carbons (Fsp3) is 0.455. The summed E-state index contributed by atoms with van der Waals surface area (Å²) in [5, 5.41) is 0. The van der Waals surface area contributed by atoms with Gasteiger partial charge in [-0.1, -0.05) is 29.8 Å². The molecule has 2 heterocycles. The van der Waals surface area contributed by atoms with Crippen LogP contribution in [0.5, 0.6) is 0 Å². The van der Waals surface area contributed by atoms with E-state index in [1.807, 2.05) is 19.1 Å². The molecule has 28 heavy (non-hydrogen) atoms. The summed E-state index contributed by atoms with van der Waals surface area (Å²) in [7, 11) is -1.39. The molecule has 0 saturated carbocycles. The zero-order chi connectivity index (χ0) is 19.7. The number of nitrogens with zero attached hydrogens (tertiary/aromatic N) is 2. The van der Waals surface area contributed by atoms with E-state index in [1.165, 1.54) is 29.7 Å². The quantitative estimate of drug-likeness (QED) is 0.811. The molecule has 0 aromatic heterocycles. The highest BCUT2D eigenvalue weighted by atomic mass is 32.2. The smallest absolute Gasteiger partial charge is 0.240 e. The third-order valence-corrected chi connectivity index (χ3v) is 7.44. The first-order chi connectivity index (χ1) is 13.4. The lowest BCUT2D eigenvalue weighted by atomic mass is 10.0. The average molecular weight is 400 g/mol. The van der Waals surface area contributed by atoms with Crippen LogP contribution in [0.2, 0.25) is 0 Å². The van der Waals surface area contributed by atoms with Gasteiger partial charge in [-0.3, -0.25) is 4.90 Å². The SMILES string of the molecule is Cc1ccc(S(=O)(=O)NC[C@H](c2ccc3c(c2)CCN3C)N2CCCC2)cc1. The van der Waals surface area contributed by atoms with Gasteiger partial charge in [-0.15, -0.1) is 0 Å². The van der Waals surface area contributed by atoms with Crippen LogP contribution in [0.1, 0.15) is 35.6 Å². The van der Waals surface area contributed by atoms with Gasteiger partial charge in [0.2, 0.25) is 10.0 Å². The Morgan fingerprint density at radius 3 is 2.46 bits per heavy atom. The van der Waals surface area contributed by atoms with Gasteiger partial charge in [0, 0.05) is 31.9 Å². The standard InChI is InChI=1S/C22H29N3O2S/c1-17-5-8-20(9-6-17)28(26,27)23-16-22(25-12-3-4-13-25)18-7-10-21-19(15-18)11-14-24(21)2/h5-10,15,22-23H,3-4,11-14,16H2,1-2H3/t22-/m1/s1. The minimum Gasteiger partial charge on any atom is -0.374 e. The van der Waals surface area contributed by atoms with Crippen molar-refractivity contribution in [2.24, 2.45) is 0 Å². The largest absolute Gasteiger partial charge is 0.374 e. The number of anilines is 1. The number of likely N-dealkylation sites (N-methyl/N-ethyl adjacent to an activating group) is 1. The Balaban J connectivity index is 1.56. The predicted molar refractivity (Wildman–Crippen MR) is 113 cm³/mol. The lowest BCUT2D eigenvalue weighted by molar-refractivity contribution is 0.246. The van der Waals surface area contributed by atoms with Gasteiger partial charge in [-0.25, -0.2) is 13.1 Å². The van der Waals surface area contributed by atoms with Crippen molar-refractivity contribution in [2.75, 3.05) is 38.1 Å². The van der Waals surface area contributed by atoms with E-state index >= 15 is 0 Å². The van der Waals surface area contributed by atoms with Gasteiger partial charge in [0.1, 0.15) is 0 Å². The second-order valence-corrected chi connectivity index (χ2v) is 9.75. The predicted octanol–water partition coefficient (Wildman–Crippen LogP) is 3.10. The van der Waals surface area contributed by atoms with Crippen LogP contribution in [0.15, 0.2) is 47.4 Å². The number of hydrogen-bond donors (Lipinski definition) is 1. The second-order valence-electron chi connectivity index (χ2n) is 7.98. The first kappa shape index (κ1) is 19.4. The van der Waals surface area contributed by atoms with Crippen LogP contribution >= 0.6 is 0 Å². The summed E-state index contributed by atoms with van der Waals surface area (Å²) in [5.41, 5.74) is 4.93. The summed E-state index contributed by atoms with van der Waals surface area (Å²) in [6.45, 7) is 5.44. The van der Waals surface area contributed by atoms with Crippen molar-refractivity contribution in [1.29, 1.82) is 0 Å². The van der Waals surface area contributed by atoms with Gasteiger partial charge in [-0.2, -0.15) is 0 Å². The molecule has 0 radical (unpaired) electrons. The summed E-state index contributed by atoms with van der Waals surface area (Å²) >= 11 is 0. The zero-order valence-electron chi connectivity index (χ0n) is 16.7. The molecular weight excluding hydrogens is 370 g/mol. The van der Waals surface area contributed by atoms with E-state index in [2.05, 4.69) is 39.8 Å². The lowest BCUT2D eigenvalue weighted by Gasteiger charge is -2.29. The van der Waals surface area contributed by atoms with Crippen LogP contribution in [0, 0.1) is 6.92 Å². The molecule has 0 aliphatic carbocycles. The van der Waals surface area contributed by atoms with Crippen molar-refractivity contribution in [1.82, 2.24) is 9.62 Å². The molecule has 150 valence electrons. The molecule has 0 unspecified atom stereocenters. The molecule has 2 aromatic rings. The molecular formula is C22H29N3O2S. The third-order valence-electron chi connectivity index (χ3n) is 6.00. The van der Waals surface area contributed by atoms with E-state index < -0.39 is 10.0 Å². The van der Waals surface area contributed by atoms with Crippen molar-refractivity contribution in [3.63, 3.8) is 0 Å². The topological polar surface area (TPSA) is 52.7 Å². The molecule has 6 heteroatoms. The molecule has 0 spiro atoms. The Kier molecular flexibility index (Phi) is 5.45. The summed E-state index contributed by atoms with van der Waals surface area (Å²) in [4.78, 5) is 5.02. The number of likely N-dealkylation sites (tertiary alicyclic amines) is 1. The van der Waals surface area contributed by atoms with Crippen LogP contribution in [0.4, 0.5) is 5.69 Å². The van der Waals surface area contributed by atoms with Crippen molar-refractivity contribution in [2.45, 2.75) is 37.1 Å². The Morgan fingerprint density at radius 2 is 1.75 bits per heavy atom. The molecule has 2 aliphatic heterocycles. The van der Waals surface area contributed by atoms with E-state index in [0.29, 0.717) is 11.4 Å². The van der Waals surface area contributed by atoms with Gasteiger partial charge in [0.25, 0.3) is 0 Å². The van der Waals surface area contributed by atoms with Crippen LogP contribution in [0.25, 0.3) is 0 Å². The molecule has 5 nitrogen and oxygen atoms in total. The number of sulfonamides is 1. The minimum atomic E-state index is -3.51. The molecule has 4 rings (SSSR count). The Hall–Kier alpha value is -1.89. The van der Waals surface area contributed by atoms with Crippen LogP contribution in [-0.2, 0) is 16.4 Å². The molecule has 1 atom stereocenters. The number of hydrogen-bond acceptors (Lipinski definition) is 4. The van der Waals surface area contributed by atoms with E-state index in [9.17, 15) is 8.42 Å². The van der Waals surface area contributed by atoms with E-state index in [4.69, 9.17) is 0 Å². The van der Waals surface area contributed by atoms with E-state index in [0.717, 1.165) is 31.6 Å². The van der Waals surface area contributed by atoms with Gasteiger partial charge in [0.15, 0.2) is 0 Å². The molecule has 1 saturated heterocycles. The fourth-order valence-corrected chi connectivity index (χ4v) is 5.33. The monoisotopic (exact) mass is 399 g/mol. The van der Waals surface area contributed by atoms with Gasteiger partial charge < -0.3 is 4.90 Å². The number of rotatable bonds is 6. The summed E-state index contributed by atoms with van der Waals surface area (Å²) in [6, 6.07) is 13.7. The zero-order valence-corrected chi connectivity index (χ0v) is 17.5. The lowest BCUT2D eigenvalue weighted by Crippen LogP contribution is -2.36. The molecule has 2 aliphatic rings. The van der Waals surface area contributed by atoms with Gasteiger partial charge >= 0.3 is 0 Å². The molecule has 2 aromatic carbocycles. The van der Waals surface area contributed by atoms with Crippen LogP contribution in [0.3, 0.4) is 0 Å². The van der Waals surface area contributed by atoms with Crippen LogP contribution < -0.4 is 9.62 Å². The maximum absolute atomic E-state index is 12.8. The molecule has 0 amide bonds. The summed E-state index contributed by atoms with van der Waals surface area (Å²) in [6.07, 6.45) is 3.41. The summed E-state index contributed by atoms with van der Waals surface area (Å²) < 4.78 is 28.4. The van der Waals surface area contributed by atoms with Crippen molar-refractivity contribution >= 4 is 15.7 Å². The third kappa shape index (κ3) is 3.95. The molecule has 0 bridgehead atoms. The molecule has 1 fully saturated rings. The first-order valence-corrected chi connectivity index (χ1v) is 11.6. The highest BCUT2D eigenvalue weighted by Crippen LogP contribution is 2.32. The van der Waals surface area contributed by atoms with Gasteiger partial charge in [0.05, 0.1) is 4.90 Å². The second kappa shape index (κ2) is 7.85. The fourth-order valence-electron chi connectivity index (χ4n) is 4.29. The number of aryl methyl sites for hydroxylation is 1. The Morgan fingerprint density at radius 1 is 1.04 bits per heavy atom. The number of fused-ring (bicyclic) bond motifs is 1. The highest BCUT2D eigenvalue weighted by molar-refractivity contribution is 7.89. The van der Waals surface area contributed by atoms with E-state index in [1.54, 1.807) is 12.1 Å². The minimum absolute atomic E-state index is 0.0685. The maximum atomic E-state index is 12.8. The van der Waals surface area contributed by atoms with E-state index in [-0.39, 0.29) is 6.04 Å². The average Bonchev–Trinajstić information content (AvgIpc) is 3.33. The van der Waals surface area contributed by atoms with Crippen molar-refractivity contribution in [3.05, 3.63) is 59.2 Å². The Labute approximate surface area is 168 Å².